The van der Waals surface area contributed by atoms with Gasteiger partial charge in [0.05, 0.1) is 11.3 Å². The average molecular weight is 395 g/mol. The first-order chi connectivity index (χ1) is 12.1. The van der Waals surface area contributed by atoms with Crippen LogP contribution in [0, 0.1) is 0 Å². The number of hydrogen-bond acceptors (Lipinski definition) is 3. The molecule has 1 amide bonds. The Bertz CT molecular complexity index is 924. The minimum atomic E-state index is -0.239. The highest BCUT2D eigenvalue weighted by molar-refractivity contribution is 9.10. The quantitative estimate of drug-likeness (QED) is 0.600. The normalized spacial score (nSPS) is 10.8. The van der Waals surface area contributed by atoms with Gasteiger partial charge in [-0.1, -0.05) is 46.3 Å². The number of amides is 1. The van der Waals surface area contributed by atoms with Crippen LogP contribution in [0.5, 0.6) is 5.75 Å². The average Bonchev–Trinajstić information content (AvgIpc) is 2.63. The molecule has 0 unspecified atom stereocenters. The predicted molar refractivity (Wildman–Crippen MR) is 104 cm³/mol. The lowest BCUT2D eigenvalue weighted by atomic mass is 10.1. The minimum Gasteiger partial charge on any atom is -0.507 e. The maximum absolute atomic E-state index is 12.5. The van der Waals surface area contributed by atoms with E-state index in [2.05, 4.69) is 26.2 Å². The van der Waals surface area contributed by atoms with Crippen LogP contribution in [0.4, 0.5) is 11.4 Å². The number of halogens is 1. The molecule has 3 aromatic carbocycles. The molecule has 0 heterocycles. The van der Waals surface area contributed by atoms with E-state index >= 15 is 0 Å². The number of carbonyl (C=O) groups is 1. The summed E-state index contributed by atoms with van der Waals surface area (Å²) in [6.07, 6.45) is 1.54. The van der Waals surface area contributed by atoms with Crippen molar-refractivity contribution in [1.82, 2.24) is 0 Å². The maximum Gasteiger partial charge on any atom is 0.257 e. The van der Waals surface area contributed by atoms with E-state index in [1.54, 1.807) is 36.4 Å². The Kier molecular flexibility index (Phi) is 5.26. The molecule has 0 atom stereocenters. The standard InChI is InChI=1S/C20H15BrN2O2/c21-15-10-11-19(24)14(12-15)13-22-18-9-5-4-8-17(18)20(25)23-16-6-2-1-3-7-16/h1-13,24H,(H,23,25)/b22-13+. The van der Waals surface area contributed by atoms with Gasteiger partial charge in [-0.15, -0.1) is 0 Å². The van der Waals surface area contributed by atoms with Crippen LogP contribution in [0.2, 0.25) is 0 Å². The number of nitrogens with one attached hydrogen (secondary N) is 1. The van der Waals surface area contributed by atoms with E-state index in [4.69, 9.17) is 0 Å². The zero-order valence-corrected chi connectivity index (χ0v) is 14.8. The molecule has 2 N–H and O–H groups in total. The molecule has 3 rings (SSSR count). The number of carbonyl (C=O) groups excluding carboxylic acids is 1. The number of benzene rings is 3. The van der Waals surface area contributed by atoms with Crippen LogP contribution in [-0.2, 0) is 0 Å². The van der Waals surface area contributed by atoms with Crippen molar-refractivity contribution < 1.29 is 9.90 Å². The summed E-state index contributed by atoms with van der Waals surface area (Å²) >= 11 is 3.36. The Morgan fingerprint density at radius 2 is 1.72 bits per heavy atom. The number of aliphatic imine (C=N–C) groups is 1. The molecule has 5 heteroatoms. The van der Waals surface area contributed by atoms with Gasteiger partial charge in [-0.25, -0.2) is 0 Å². The molecule has 0 radical (unpaired) electrons. The van der Waals surface area contributed by atoms with Crippen molar-refractivity contribution in [2.24, 2.45) is 4.99 Å². The number of phenolic OH excluding ortho intramolecular Hbond substituents is 1. The number of rotatable bonds is 4. The van der Waals surface area contributed by atoms with E-state index in [0.717, 1.165) is 10.2 Å². The molecule has 0 spiro atoms. The summed E-state index contributed by atoms with van der Waals surface area (Å²) in [5.74, 6) is -0.115. The Balaban J connectivity index is 1.87. The van der Waals surface area contributed by atoms with Gasteiger partial charge < -0.3 is 10.4 Å². The van der Waals surface area contributed by atoms with Gasteiger partial charge >= 0.3 is 0 Å². The second kappa shape index (κ2) is 7.77. The molecule has 0 aliphatic heterocycles. The van der Waals surface area contributed by atoms with Gasteiger partial charge in [0.1, 0.15) is 5.75 Å². The third-order valence-electron chi connectivity index (χ3n) is 3.51. The van der Waals surface area contributed by atoms with Crippen LogP contribution in [0.25, 0.3) is 0 Å². The van der Waals surface area contributed by atoms with Crippen molar-refractivity contribution in [3.63, 3.8) is 0 Å². The van der Waals surface area contributed by atoms with E-state index in [1.165, 1.54) is 6.21 Å². The monoisotopic (exact) mass is 394 g/mol. The van der Waals surface area contributed by atoms with Crippen LogP contribution in [0.3, 0.4) is 0 Å². The Labute approximate surface area is 154 Å². The lowest BCUT2D eigenvalue weighted by Crippen LogP contribution is -2.11. The van der Waals surface area contributed by atoms with Crippen molar-refractivity contribution in [1.29, 1.82) is 0 Å². The fourth-order valence-corrected chi connectivity index (χ4v) is 2.64. The van der Waals surface area contributed by atoms with Gasteiger partial charge in [-0.2, -0.15) is 0 Å². The molecular formula is C20H15BrN2O2. The fraction of sp³-hybridized carbons (Fsp3) is 0. The first-order valence-electron chi connectivity index (χ1n) is 7.61. The van der Waals surface area contributed by atoms with Crippen LogP contribution in [0.1, 0.15) is 15.9 Å². The summed E-state index contributed by atoms with van der Waals surface area (Å²) in [6.45, 7) is 0. The minimum absolute atomic E-state index is 0.123. The number of phenols is 1. The molecule has 124 valence electrons. The van der Waals surface area contributed by atoms with Crippen molar-refractivity contribution in [2.45, 2.75) is 0 Å². The largest absolute Gasteiger partial charge is 0.507 e. The number of aromatic hydroxyl groups is 1. The smallest absolute Gasteiger partial charge is 0.257 e. The van der Waals surface area contributed by atoms with Gasteiger partial charge in [0.2, 0.25) is 0 Å². The third kappa shape index (κ3) is 4.33. The molecule has 4 nitrogen and oxygen atoms in total. The van der Waals surface area contributed by atoms with E-state index in [-0.39, 0.29) is 11.7 Å². The maximum atomic E-state index is 12.5. The molecule has 0 aliphatic rings. The predicted octanol–water partition coefficient (Wildman–Crippen LogP) is 5.16. The molecule has 0 bridgehead atoms. The van der Waals surface area contributed by atoms with Crippen LogP contribution >= 0.6 is 15.9 Å². The van der Waals surface area contributed by atoms with Crippen molar-refractivity contribution >= 4 is 39.4 Å². The highest BCUT2D eigenvalue weighted by Gasteiger charge is 2.10. The highest BCUT2D eigenvalue weighted by atomic mass is 79.9. The highest BCUT2D eigenvalue weighted by Crippen LogP contribution is 2.23. The second-order valence-corrected chi connectivity index (χ2v) is 6.21. The molecule has 0 saturated heterocycles. The molecule has 25 heavy (non-hydrogen) atoms. The molecule has 0 saturated carbocycles. The van der Waals surface area contributed by atoms with E-state index in [0.29, 0.717) is 16.8 Å². The van der Waals surface area contributed by atoms with Gasteiger partial charge in [0.25, 0.3) is 5.91 Å². The van der Waals surface area contributed by atoms with E-state index < -0.39 is 0 Å². The summed E-state index contributed by atoms with van der Waals surface area (Å²) < 4.78 is 0.835. The zero-order chi connectivity index (χ0) is 17.6. The second-order valence-electron chi connectivity index (χ2n) is 5.30. The van der Waals surface area contributed by atoms with Crippen LogP contribution in [-0.4, -0.2) is 17.2 Å². The Hall–Kier alpha value is -2.92. The summed E-state index contributed by atoms with van der Waals surface area (Å²) in [5, 5.41) is 12.7. The number of nitrogens with zero attached hydrogens (tertiary/aromatic N) is 1. The topological polar surface area (TPSA) is 61.7 Å². The molecule has 0 fully saturated rings. The first-order valence-corrected chi connectivity index (χ1v) is 8.41. The Morgan fingerprint density at radius 3 is 2.52 bits per heavy atom. The lowest BCUT2D eigenvalue weighted by Gasteiger charge is -2.07. The summed E-state index contributed by atoms with van der Waals surface area (Å²) in [5.41, 5.74) is 2.26. The third-order valence-corrected chi connectivity index (χ3v) is 4.01. The summed E-state index contributed by atoms with van der Waals surface area (Å²) in [6, 6.07) is 21.4. The van der Waals surface area contributed by atoms with Gasteiger partial charge in [-0.3, -0.25) is 9.79 Å². The van der Waals surface area contributed by atoms with Crippen molar-refractivity contribution in [3.8, 4) is 5.75 Å². The van der Waals surface area contributed by atoms with Gasteiger partial charge in [0.15, 0.2) is 0 Å². The zero-order valence-electron chi connectivity index (χ0n) is 13.2. The van der Waals surface area contributed by atoms with Crippen LogP contribution < -0.4 is 5.32 Å². The number of hydrogen-bond donors (Lipinski definition) is 2. The molecule has 3 aromatic rings. The van der Waals surface area contributed by atoms with E-state index in [1.807, 2.05) is 36.4 Å². The first kappa shape index (κ1) is 16.9. The van der Waals surface area contributed by atoms with Crippen LogP contribution in [0.15, 0.2) is 82.3 Å². The summed E-state index contributed by atoms with van der Waals surface area (Å²) in [7, 11) is 0. The molecular weight excluding hydrogens is 380 g/mol. The summed E-state index contributed by atoms with van der Waals surface area (Å²) in [4.78, 5) is 16.9. The van der Waals surface area contributed by atoms with Gasteiger partial charge in [-0.05, 0) is 42.5 Å². The van der Waals surface area contributed by atoms with E-state index in [9.17, 15) is 9.90 Å². The molecule has 0 aromatic heterocycles. The number of para-hydroxylation sites is 2. The lowest BCUT2D eigenvalue weighted by molar-refractivity contribution is 0.102. The van der Waals surface area contributed by atoms with Crippen molar-refractivity contribution in [2.75, 3.05) is 5.32 Å². The molecule has 0 aliphatic carbocycles. The Morgan fingerprint density at radius 1 is 1.00 bits per heavy atom. The van der Waals surface area contributed by atoms with Gasteiger partial charge in [0, 0.05) is 21.9 Å². The SMILES string of the molecule is O=C(Nc1ccccc1)c1ccccc1/N=C/c1cc(Br)ccc1O. The number of anilines is 1. The van der Waals surface area contributed by atoms with Crippen molar-refractivity contribution in [3.05, 3.63) is 88.4 Å². The fourth-order valence-electron chi connectivity index (χ4n) is 2.27.